The molecule has 1 amide bonds. The van der Waals surface area contributed by atoms with Gasteiger partial charge in [0.15, 0.2) is 0 Å². The molecule has 2 aromatic carbocycles. The quantitative estimate of drug-likeness (QED) is 0.584. The van der Waals surface area contributed by atoms with E-state index >= 15 is 0 Å². The normalized spacial score (nSPS) is 13.5. The Morgan fingerprint density at radius 2 is 1.96 bits per heavy atom. The van der Waals surface area contributed by atoms with Crippen molar-refractivity contribution in [2.75, 3.05) is 6.54 Å². The molecule has 26 heavy (non-hydrogen) atoms. The van der Waals surface area contributed by atoms with E-state index in [4.69, 9.17) is 11.6 Å². The van der Waals surface area contributed by atoms with Gasteiger partial charge in [-0.05, 0) is 49.6 Å². The van der Waals surface area contributed by atoms with Gasteiger partial charge in [-0.15, -0.1) is 0 Å². The molecule has 0 aliphatic rings. The number of hydrogen-bond acceptors (Lipinski definition) is 2. The Hall–Kier alpha value is -2.30. The highest BCUT2D eigenvalue weighted by atomic mass is 35.5. The van der Waals surface area contributed by atoms with Gasteiger partial charge in [-0.2, -0.15) is 0 Å². The maximum atomic E-state index is 12.4. The first-order chi connectivity index (χ1) is 12.5. The highest BCUT2D eigenvalue weighted by Gasteiger charge is 2.16. The van der Waals surface area contributed by atoms with Gasteiger partial charge in [-0.3, -0.25) is 10.1 Å². The van der Waals surface area contributed by atoms with E-state index in [1.165, 1.54) is 10.9 Å². The Balaban J connectivity index is 1.50. The summed E-state index contributed by atoms with van der Waals surface area (Å²) in [5.41, 5.74) is 3.41. The predicted octanol–water partition coefficient (Wildman–Crippen LogP) is 4.22. The van der Waals surface area contributed by atoms with Crippen LogP contribution in [0.4, 0.5) is 0 Å². The lowest BCUT2D eigenvalue weighted by Gasteiger charge is -2.20. The molecule has 0 radical (unpaired) electrons. The van der Waals surface area contributed by atoms with Gasteiger partial charge in [0.05, 0.1) is 6.04 Å². The molecule has 3 aromatic rings. The number of para-hydroxylation sites is 1. The Morgan fingerprint density at radius 3 is 2.77 bits per heavy atom. The van der Waals surface area contributed by atoms with E-state index < -0.39 is 0 Å². The average Bonchev–Trinajstić information content (AvgIpc) is 3.05. The minimum Gasteiger partial charge on any atom is -0.361 e. The predicted molar refractivity (Wildman–Crippen MR) is 107 cm³/mol. The number of fused-ring (bicyclic) bond motifs is 1. The van der Waals surface area contributed by atoms with Crippen molar-refractivity contribution >= 4 is 28.4 Å². The topological polar surface area (TPSA) is 56.9 Å². The molecule has 0 aliphatic heterocycles. The van der Waals surface area contributed by atoms with E-state index in [1.807, 2.05) is 56.4 Å². The number of halogens is 1. The number of benzene rings is 2. The second-order valence-corrected chi connectivity index (χ2v) is 7.00. The molecule has 2 atom stereocenters. The number of hydrogen-bond donors (Lipinski definition) is 3. The molecule has 0 spiro atoms. The summed E-state index contributed by atoms with van der Waals surface area (Å²) in [4.78, 5) is 15.6. The van der Waals surface area contributed by atoms with E-state index in [1.54, 1.807) is 0 Å². The van der Waals surface area contributed by atoms with Crippen molar-refractivity contribution in [3.05, 3.63) is 70.9 Å². The first-order valence-corrected chi connectivity index (χ1v) is 9.26. The minimum absolute atomic E-state index is 0.00119. The lowest BCUT2D eigenvalue weighted by atomic mass is 10.1. The molecule has 0 saturated carbocycles. The third-order valence-electron chi connectivity index (χ3n) is 4.61. The summed E-state index contributed by atoms with van der Waals surface area (Å²) >= 11 is 6.04. The van der Waals surface area contributed by atoms with E-state index in [-0.39, 0.29) is 18.0 Å². The van der Waals surface area contributed by atoms with Crippen LogP contribution in [0.15, 0.2) is 54.7 Å². The van der Waals surface area contributed by atoms with Gasteiger partial charge in [0, 0.05) is 34.7 Å². The summed E-state index contributed by atoms with van der Waals surface area (Å²) in [6.07, 6.45) is 2.81. The molecule has 3 rings (SSSR count). The minimum atomic E-state index is -0.285. The molecule has 4 nitrogen and oxygen atoms in total. The number of aromatic amines is 1. The maximum absolute atomic E-state index is 12.4. The highest BCUT2D eigenvalue weighted by molar-refractivity contribution is 6.30. The number of H-pyrrole nitrogens is 1. The summed E-state index contributed by atoms with van der Waals surface area (Å²) in [7, 11) is 0. The SMILES string of the molecule is CC(NC(C)c1cccc(Cl)c1)C(=O)NCCc1c[nH]c2ccccc12. The third kappa shape index (κ3) is 4.45. The number of carbonyl (C=O) groups is 1. The molecule has 5 heteroatoms. The molecule has 2 unspecified atom stereocenters. The number of nitrogens with one attached hydrogen (secondary N) is 3. The van der Waals surface area contributed by atoms with Crippen LogP contribution in [0, 0.1) is 0 Å². The van der Waals surface area contributed by atoms with Crippen LogP contribution in [0.5, 0.6) is 0 Å². The number of rotatable bonds is 7. The zero-order valence-electron chi connectivity index (χ0n) is 15.1. The summed E-state index contributed by atoms with van der Waals surface area (Å²) in [5, 5.41) is 8.24. The fraction of sp³-hybridized carbons (Fsp3) is 0.286. The Kier molecular flexibility index (Phi) is 5.96. The molecule has 0 saturated heterocycles. The molecule has 0 bridgehead atoms. The first-order valence-electron chi connectivity index (χ1n) is 8.89. The van der Waals surface area contributed by atoms with Gasteiger partial charge in [0.2, 0.25) is 5.91 Å². The van der Waals surface area contributed by atoms with E-state index in [9.17, 15) is 4.79 Å². The summed E-state index contributed by atoms with van der Waals surface area (Å²) in [5.74, 6) is -0.00119. The molecular weight excluding hydrogens is 346 g/mol. The molecule has 0 fully saturated rings. The fourth-order valence-electron chi connectivity index (χ4n) is 3.13. The van der Waals surface area contributed by atoms with Crippen LogP contribution in [-0.2, 0) is 11.2 Å². The number of amides is 1. The molecule has 1 aromatic heterocycles. The number of aromatic nitrogens is 1. The van der Waals surface area contributed by atoms with E-state index in [0.29, 0.717) is 11.6 Å². The van der Waals surface area contributed by atoms with Crippen molar-refractivity contribution < 1.29 is 4.79 Å². The Bertz CT molecular complexity index is 890. The zero-order chi connectivity index (χ0) is 18.5. The fourth-order valence-corrected chi connectivity index (χ4v) is 3.33. The highest BCUT2D eigenvalue weighted by Crippen LogP contribution is 2.18. The lowest BCUT2D eigenvalue weighted by Crippen LogP contribution is -2.43. The lowest BCUT2D eigenvalue weighted by molar-refractivity contribution is -0.122. The van der Waals surface area contributed by atoms with Gasteiger partial charge in [-0.1, -0.05) is 41.9 Å². The second kappa shape index (κ2) is 8.39. The Labute approximate surface area is 158 Å². The van der Waals surface area contributed by atoms with Crippen molar-refractivity contribution in [2.45, 2.75) is 32.4 Å². The summed E-state index contributed by atoms with van der Waals surface area (Å²) in [6.45, 7) is 4.52. The van der Waals surface area contributed by atoms with Gasteiger partial charge < -0.3 is 10.3 Å². The van der Waals surface area contributed by atoms with Crippen LogP contribution >= 0.6 is 11.6 Å². The van der Waals surface area contributed by atoms with Crippen LogP contribution < -0.4 is 10.6 Å². The van der Waals surface area contributed by atoms with Crippen LogP contribution in [0.1, 0.15) is 31.0 Å². The molecular formula is C21H24ClN3O. The van der Waals surface area contributed by atoms with Gasteiger partial charge in [0.1, 0.15) is 0 Å². The van der Waals surface area contributed by atoms with Crippen LogP contribution in [0.2, 0.25) is 5.02 Å². The smallest absolute Gasteiger partial charge is 0.236 e. The van der Waals surface area contributed by atoms with Gasteiger partial charge >= 0.3 is 0 Å². The first kappa shape index (κ1) is 18.5. The van der Waals surface area contributed by atoms with Gasteiger partial charge in [0.25, 0.3) is 0 Å². The van der Waals surface area contributed by atoms with Crippen molar-refractivity contribution in [3.8, 4) is 0 Å². The third-order valence-corrected chi connectivity index (χ3v) is 4.85. The van der Waals surface area contributed by atoms with Gasteiger partial charge in [-0.25, -0.2) is 0 Å². The molecule has 3 N–H and O–H groups in total. The molecule has 136 valence electrons. The standard InChI is InChI=1S/C21H24ClN3O/c1-14(16-6-5-7-18(22)12-16)25-15(2)21(26)23-11-10-17-13-24-20-9-4-3-8-19(17)20/h3-9,12-15,24-25H,10-11H2,1-2H3,(H,23,26). The second-order valence-electron chi connectivity index (χ2n) is 6.57. The van der Waals surface area contributed by atoms with Crippen molar-refractivity contribution in [3.63, 3.8) is 0 Å². The Morgan fingerprint density at radius 1 is 1.15 bits per heavy atom. The van der Waals surface area contributed by atoms with Crippen molar-refractivity contribution in [1.82, 2.24) is 15.6 Å². The molecule has 0 aliphatic carbocycles. The van der Waals surface area contributed by atoms with E-state index in [2.05, 4.69) is 27.8 Å². The van der Waals surface area contributed by atoms with Crippen LogP contribution in [0.25, 0.3) is 10.9 Å². The summed E-state index contributed by atoms with van der Waals surface area (Å²) in [6, 6.07) is 15.6. The van der Waals surface area contributed by atoms with Crippen LogP contribution in [0.3, 0.4) is 0 Å². The average molecular weight is 370 g/mol. The van der Waals surface area contributed by atoms with E-state index in [0.717, 1.165) is 17.5 Å². The maximum Gasteiger partial charge on any atom is 0.236 e. The molecule has 1 heterocycles. The largest absolute Gasteiger partial charge is 0.361 e. The summed E-state index contributed by atoms with van der Waals surface area (Å²) < 4.78 is 0. The number of carbonyl (C=O) groups excluding carboxylic acids is 1. The van der Waals surface area contributed by atoms with Crippen LogP contribution in [-0.4, -0.2) is 23.5 Å². The zero-order valence-corrected chi connectivity index (χ0v) is 15.8. The monoisotopic (exact) mass is 369 g/mol. The van der Waals surface area contributed by atoms with Crippen molar-refractivity contribution in [2.24, 2.45) is 0 Å². The van der Waals surface area contributed by atoms with Crippen molar-refractivity contribution in [1.29, 1.82) is 0 Å².